The van der Waals surface area contributed by atoms with E-state index in [1.807, 2.05) is 43.3 Å². The van der Waals surface area contributed by atoms with Gasteiger partial charge in [0, 0.05) is 0 Å². The molecular formula is C18H19NO3S. The third-order valence-corrected chi connectivity index (χ3v) is 6.53. The van der Waals surface area contributed by atoms with Crippen LogP contribution in [0.1, 0.15) is 24.8 Å². The second-order valence-corrected chi connectivity index (χ2v) is 8.05. The summed E-state index contributed by atoms with van der Waals surface area (Å²) in [4.78, 5) is 0.338. The standard InChI is InChI=1S/C18H19NO3S/c1-13-9-11-14(12-10-13)23(20,21)19-15-5-2-3-7-17(15)22-18-8-4-6-16(18)19/h2-3,5,7,9-12,16,18H,4,6,8H2,1H3. The van der Waals surface area contributed by atoms with Crippen LogP contribution in [-0.4, -0.2) is 20.6 Å². The van der Waals surface area contributed by atoms with Crippen LogP contribution in [0.5, 0.6) is 5.75 Å². The third-order valence-electron chi connectivity index (χ3n) is 4.68. The Hall–Kier alpha value is -2.01. The molecule has 2 unspecified atom stereocenters. The quantitative estimate of drug-likeness (QED) is 0.847. The largest absolute Gasteiger partial charge is 0.486 e. The Bertz CT molecular complexity index is 830. The summed E-state index contributed by atoms with van der Waals surface area (Å²) in [6.45, 7) is 1.95. The first-order chi connectivity index (χ1) is 11.1. The normalized spacial score (nSPS) is 23.1. The molecule has 120 valence electrons. The molecule has 4 rings (SSSR count). The number of nitrogens with zero attached hydrogens (tertiary/aromatic N) is 1. The van der Waals surface area contributed by atoms with Gasteiger partial charge >= 0.3 is 0 Å². The number of fused-ring (bicyclic) bond motifs is 2. The van der Waals surface area contributed by atoms with Crippen molar-refractivity contribution in [1.82, 2.24) is 0 Å². The number of para-hydroxylation sites is 2. The molecule has 5 heteroatoms. The highest BCUT2D eigenvalue weighted by Crippen LogP contribution is 2.44. The van der Waals surface area contributed by atoms with Gasteiger partial charge in [-0.15, -0.1) is 0 Å². The van der Waals surface area contributed by atoms with Crippen LogP contribution in [0.25, 0.3) is 0 Å². The highest BCUT2D eigenvalue weighted by Gasteiger charge is 2.44. The van der Waals surface area contributed by atoms with Gasteiger partial charge in [0.1, 0.15) is 11.9 Å². The molecule has 1 fully saturated rings. The molecule has 2 atom stereocenters. The molecule has 1 aliphatic heterocycles. The predicted octanol–water partition coefficient (Wildman–Crippen LogP) is 3.50. The van der Waals surface area contributed by atoms with Gasteiger partial charge in [0.25, 0.3) is 10.0 Å². The maximum atomic E-state index is 13.3. The maximum absolute atomic E-state index is 13.3. The minimum absolute atomic E-state index is 0.0508. The van der Waals surface area contributed by atoms with E-state index in [0.717, 1.165) is 24.8 Å². The Morgan fingerprint density at radius 1 is 1.04 bits per heavy atom. The van der Waals surface area contributed by atoms with E-state index in [9.17, 15) is 8.42 Å². The molecule has 0 aromatic heterocycles. The van der Waals surface area contributed by atoms with E-state index in [0.29, 0.717) is 16.3 Å². The van der Waals surface area contributed by atoms with E-state index in [1.54, 1.807) is 16.4 Å². The van der Waals surface area contributed by atoms with Crippen molar-refractivity contribution < 1.29 is 13.2 Å². The first-order valence-electron chi connectivity index (χ1n) is 7.94. The summed E-state index contributed by atoms with van der Waals surface area (Å²) in [7, 11) is -3.59. The smallest absolute Gasteiger partial charge is 0.264 e. The predicted molar refractivity (Wildman–Crippen MR) is 89.3 cm³/mol. The molecule has 1 saturated carbocycles. The van der Waals surface area contributed by atoms with E-state index < -0.39 is 10.0 Å². The zero-order valence-electron chi connectivity index (χ0n) is 13.0. The molecule has 0 N–H and O–H groups in total. The molecule has 0 bridgehead atoms. The van der Waals surface area contributed by atoms with Crippen LogP contribution in [0.2, 0.25) is 0 Å². The Kier molecular flexibility index (Phi) is 3.34. The lowest BCUT2D eigenvalue weighted by Gasteiger charge is -2.39. The van der Waals surface area contributed by atoms with Crippen molar-refractivity contribution in [2.24, 2.45) is 0 Å². The van der Waals surface area contributed by atoms with Crippen LogP contribution in [-0.2, 0) is 10.0 Å². The number of anilines is 1. The number of ether oxygens (including phenoxy) is 1. The molecule has 0 amide bonds. The third kappa shape index (κ3) is 2.30. The zero-order valence-corrected chi connectivity index (χ0v) is 13.8. The number of sulfonamides is 1. The molecule has 4 nitrogen and oxygen atoms in total. The Balaban J connectivity index is 1.86. The summed E-state index contributed by atoms with van der Waals surface area (Å²) in [5, 5.41) is 0. The van der Waals surface area contributed by atoms with Crippen LogP contribution in [0, 0.1) is 6.92 Å². The van der Waals surface area contributed by atoms with Crippen LogP contribution in [0.15, 0.2) is 53.4 Å². The minimum atomic E-state index is -3.59. The van der Waals surface area contributed by atoms with Gasteiger partial charge in [0.05, 0.1) is 16.6 Å². The van der Waals surface area contributed by atoms with E-state index in [1.165, 1.54) is 0 Å². The van der Waals surface area contributed by atoms with Crippen molar-refractivity contribution in [3.8, 4) is 5.75 Å². The van der Waals surface area contributed by atoms with Gasteiger partial charge in [-0.05, 0) is 50.5 Å². The molecule has 1 aliphatic carbocycles. The number of hydrogen-bond donors (Lipinski definition) is 0. The number of aryl methyl sites for hydroxylation is 1. The van der Waals surface area contributed by atoms with Gasteiger partial charge in [-0.2, -0.15) is 0 Å². The van der Waals surface area contributed by atoms with Crippen LogP contribution in [0.4, 0.5) is 5.69 Å². The topological polar surface area (TPSA) is 46.6 Å². The van der Waals surface area contributed by atoms with Crippen molar-refractivity contribution in [2.45, 2.75) is 43.2 Å². The molecule has 23 heavy (non-hydrogen) atoms. The van der Waals surface area contributed by atoms with Crippen molar-refractivity contribution in [3.05, 3.63) is 54.1 Å². The molecule has 0 radical (unpaired) electrons. The van der Waals surface area contributed by atoms with Crippen LogP contribution < -0.4 is 9.04 Å². The summed E-state index contributed by atoms with van der Waals surface area (Å²) >= 11 is 0. The highest BCUT2D eigenvalue weighted by molar-refractivity contribution is 7.92. The monoisotopic (exact) mass is 329 g/mol. The average molecular weight is 329 g/mol. The summed E-state index contributed by atoms with van der Waals surface area (Å²) in [5.74, 6) is 0.659. The lowest BCUT2D eigenvalue weighted by molar-refractivity contribution is 0.180. The van der Waals surface area contributed by atoms with Crippen molar-refractivity contribution in [3.63, 3.8) is 0 Å². The SMILES string of the molecule is Cc1ccc(S(=O)(=O)N2c3ccccc3OC3CCCC32)cc1. The lowest BCUT2D eigenvalue weighted by Crippen LogP contribution is -2.49. The van der Waals surface area contributed by atoms with E-state index in [-0.39, 0.29) is 12.1 Å². The fourth-order valence-electron chi connectivity index (χ4n) is 3.52. The van der Waals surface area contributed by atoms with Gasteiger partial charge in [-0.1, -0.05) is 29.8 Å². The van der Waals surface area contributed by atoms with E-state index in [2.05, 4.69) is 0 Å². The van der Waals surface area contributed by atoms with Crippen molar-refractivity contribution >= 4 is 15.7 Å². The second-order valence-electron chi connectivity index (χ2n) is 6.24. The Labute approximate surface area is 136 Å². The zero-order chi connectivity index (χ0) is 16.0. The molecule has 0 saturated heterocycles. The number of rotatable bonds is 2. The summed E-state index contributed by atoms with van der Waals surface area (Å²) in [6, 6.07) is 14.4. The van der Waals surface area contributed by atoms with Gasteiger partial charge in [0.2, 0.25) is 0 Å². The first-order valence-corrected chi connectivity index (χ1v) is 9.38. The highest BCUT2D eigenvalue weighted by atomic mass is 32.2. The van der Waals surface area contributed by atoms with Crippen LogP contribution >= 0.6 is 0 Å². The molecule has 1 heterocycles. The fraction of sp³-hybridized carbons (Fsp3) is 0.333. The van der Waals surface area contributed by atoms with Crippen LogP contribution in [0.3, 0.4) is 0 Å². The lowest BCUT2D eigenvalue weighted by atomic mass is 10.1. The first kappa shape index (κ1) is 14.6. The van der Waals surface area contributed by atoms with Gasteiger partial charge < -0.3 is 4.74 Å². The van der Waals surface area contributed by atoms with Crippen molar-refractivity contribution in [1.29, 1.82) is 0 Å². The molecule has 2 aliphatic rings. The fourth-order valence-corrected chi connectivity index (χ4v) is 5.24. The molecule has 0 spiro atoms. The Morgan fingerprint density at radius 3 is 2.57 bits per heavy atom. The Morgan fingerprint density at radius 2 is 1.78 bits per heavy atom. The number of hydrogen-bond acceptors (Lipinski definition) is 3. The minimum Gasteiger partial charge on any atom is -0.486 e. The van der Waals surface area contributed by atoms with E-state index in [4.69, 9.17) is 4.74 Å². The van der Waals surface area contributed by atoms with Gasteiger partial charge in [-0.25, -0.2) is 8.42 Å². The summed E-state index contributed by atoms with van der Waals surface area (Å²) < 4.78 is 34.2. The van der Waals surface area contributed by atoms with Gasteiger partial charge in [-0.3, -0.25) is 4.31 Å². The summed E-state index contributed by atoms with van der Waals surface area (Å²) in [6.07, 6.45) is 2.68. The van der Waals surface area contributed by atoms with Crippen molar-refractivity contribution in [2.75, 3.05) is 4.31 Å². The average Bonchev–Trinajstić information content (AvgIpc) is 3.00. The molecule has 2 aromatic rings. The van der Waals surface area contributed by atoms with Gasteiger partial charge in [0.15, 0.2) is 0 Å². The molecule has 2 aromatic carbocycles. The summed E-state index contributed by atoms with van der Waals surface area (Å²) in [5.41, 5.74) is 1.70. The van der Waals surface area contributed by atoms with E-state index >= 15 is 0 Å². The maximum Gasteiger partial charge on any atom is 0.264 e. The second kappa shape index (κ2) is 5.27. The number of benzene rings is 2. The molecular weight excluding hydrogens is 310 g/mol.